The van der Waals surface area contributed by atoms with Gasteiger partial charge in [0.2, 0.25) is 0 Å². The van der Waals surface area contributed by atoms with E-state index >= 15 is 0 Å². The third-order valence-electron chi connectivity index (χ3n) is 2.68. The predicted molar refractivity (Wildman–Crippen MR) is 75.7 cm³/mol. The monoisotopic (exact) mass is 251 g/mol. The van der Waals surface area contributed by atoms with Crippen LogP contribution in [0.2, 0.25) is 0 Å². The Balaban J connectivity index is 3.09. The summed E-state index contributed by atoms with van der Waals surface area (Å²) in [6, 6.07) is 4.17. The number of aromatic hydroxyl groups is 1. The van der Waals surface area contributed by atoms with Gasteiger partial charge in [-0.15, -0.1) is 0 Å². The number of rotatable bonds is 6. The Morgan fingerprint density at radius 1 is 1.00 bits per heavy atom. The number of nitrogens with zero attached hydrogens (tertiary/aromatic N) is 2. The highest BCUT2D eigenvalue weighted by Gasteiger charge is 2.10. The molecule has 0 atom stereocenters. The zero-order valence-electron chi connectivity index (χ0n) is 12.1. The number of phenolic OH excluding ortho intramolecular Hbond substituents is 1. The maximum absolute atomic E-state index is 10.2. The first kappa shape index (κ1) is 15.0. The molecule has 0 saturated heterocycles. The highest BCUT2D eigenvalue weighted by Crippen LogP contribution is 2.26. The molecule has 4 nitrogen and oxygen atoms in total. The normalized spacial score (nSPS) is 11.5. The third-order valence-corrected chi connectivity index (χ3v) is 2.68. The molecule has 0 amide bonds. The summed E-state index contributed by atoms with van der Waals surface area (Å²) in [5, 5.41) is 13.3. The number of hydrogen-bond donors (Lipinski definition) is 2. The van der Waals surface area contributed by atoms with Crippen molar-refractivity contribution >= 4 is 0 Å². The van der Waals surface area contributed by atoms with E-state index in [-0.39, 0.29) is 0 Å². The molecule has 2 N–H and O–H groups in total. The molecule has 102 valence electrons. The zero-order valence-corrected chi connectivity index (χ0v) is 12.1. The van der Waals surface area contributed by atoms with E-state index in [1.165, 1.54) is 5.56 Å². The number of phenols is 1. The molecule has 4 heteroatoms. The van der Waals surface area contributed by atoms with Gasteiger partial charge in [-0.1, -0.05) is 0 Å². The lowest BCUT2D eigenvalue weighted by atomic mass is 10.0. The minimum Gasteiger partial charge on any atom is -0.507 e. The summed E-state index contributed by atoms with van der Waals surface area (Å²) in [5.41, 5.74) is 3.19. The SMILES string of the molecule is CNCc1cc(CN(C)C)cc(CN(C)C)c1O. The average molecular weight is 251 g/mol. The van der Waals surface area contributed by atoms with Gasteiger partial charge < -0.3 is 20.2 Å². The fraction of sp³-hybridized carbons (Fsp3) is 0.571. The summed E-state index contributed by atoms with van der Waals surface area (Å²) in [5.74, 6) is 0.417. The Labute approximate surface area is 110 Å². The van der Waals surface area contributed by atoms with Crippen LogP contribution >= 0.6 is 0 Å². The van der Waals surface area contributed by atoms with Gasteiger partial charge in [-0.25, -0.2) is 0 Å². The van der Waals surface area contributed by atoms with Gasteiger partial charge >= 0.3 is 0 Å². The Kier molecular flexibility index (Phi) is 5.59. The van der Waals surface area contributed by atoms with Crippen LogP contribution in [0.5, 0.6) is 5.75 Å². The lowest BCUT2D eigenvalue weighted by Crippen LogP contribution is -2.15. The molecule has 0 aliphatic carbocycles. The fourth-order valence-corrected chi connectivity index (χ4v) is 2.08. The van der Waals surface area contributed by atoms with Gasteiger partial charge in [-0.05, 0) is 52.9 Å². The van der Waals surface area contributed by atoms with E-state index in [1.54, 1.807) is 0 Å². The largest absolute Gasteiger partial charge is 0.507 e. The highest BCUT2D eigenvalue weighted by atomic mass is 16.3. The summed E-state index contributed by atoms with van der Waals surface area (Å²) in [6.07, 6.45) is 0. The molecule has 0 spiro atoms. The van der Waals surface area contributed by atoms with Crippen molar-refractivity contribution in [3.8, 4) is 5.75 Å². The van der Waals surface area contributed by atoms with E-state index in [4.69, 9.17) is 0 Å². The van der Waals surface area contributed by atoms with Crippen LogP contribution in [0.15, 0.2) is 12.1 Å². The molecule has 1 rings (SSSR count). The Morgan fingerprint density at radius 3 is 2.06 bits per heavy atom. The molecule has 1 aromatic carbocycles. The predicted octanol–water partition coefficient (Wildman–Crippen LogP) is 1.23. The van der Waals surface area contributed by atoms with Crippen molar-refractivity contribution < 1.29 is 5.11 Å². The molecule has 1 aromatic rings. The number of benzene rings is 1. The molecule has 0 aromatic heterocycles. The van der Waals surface area contributed by atoms with E-state index in [9.17, 15) is 5.11 Å². The van der Waals surface area contributed by atoms with Crippen LogP contribution in [0, 0.1) is 0 Å². The molecule has 0 heterocycles. The average Bonchev–Trinajstić information content (AvgIpc) is 2.23. The molecular weight excluding hydrogens is 226 g/mol. The maximum atomic E-state index is 10.2. The molecule has 0 bridgehead atoms. The lowest BCUT2D eigenvalue weighted by Gasteiger charge is -2.18. The molecule has 18 heavy (non-hydrogen) atoms. The van der Waals surface area contributed by atoms with Gasteiger partial charge in [0, 0.05) is 30.8 Å². The first-order valence-electron chi connectivity index (χ1n) is 6.21. The van der Waals surface area contributed by atoms with Crippen molar-refractivity contribution in [2.45, 2.75) is 19.6 Å². The second kappa shape index (κ2) is 6.73. The van der Waals surface area contributed by atoms with Crippen molar-refractivity contribution in [2.24, 2.45) is 0 Å². The van der Waals surface area contributed by atoms with Crippen molar-refractivity contribution in [2.75, 3.05) is 35.2 Å². The van der Waals surface area contributed by atoms with Crippen LogP contribution in [0.4, 0.5) is 0 Å². The summed E-state index contributed by atoms with van der Waals surface area (Å²) < 4.78 is 0. The van der Waals surface area contributed by atoms with Gasteiger partial charge in [0.25, 0.3) is 0 Å². The standard InChI is InChI=1S/C14H25N3O/c1-15-8-12-6-11(9-16(2)3)7-13(14(12)18)10-17(4)5/h6-7,15,18H,8-10H2,1-5H3. The van der Waals surface area contributed by atoms with Crippen LogP contribution in [-0.4, -0.2) is 50.1 Å². The summed E-state index contributed by atoms with van der Waals surface area (Å²) in [6.45, 7) is 2.33. The van der Waals surface area contributed by atoms with Crippen molar-refractivity contribution in [3.63, 3.8) is 0 Å². The Morgan fingerprint density at radius 2 is 1.56 bits per heavy atom. The van der Waals surface area contributed by atoms with Gasteiger partial charge in [-0.2, -0.15) is 0 Å². The van der Waals surface area contributed by atoms with E-state index in [1.807, 2.05) is 21.1 Å². The van der Waals surface area contributed by atoms with Crippen LogP contribution < -0.4 is 5.32 Å². The smallest absolute Gasteiger partial charge is 0.124 e. The third kappa shape index (κ3) is 4.29. The second-order valence-corrected chi connectivity index (χ2v) is 5.27. The van der Waals surface area contributed by atoms with Gasteiger partial charge in [0.15, 0.2) is 0 Å². The number of hydrogen-bond acceptors (Lipinski definition) is 4. The Bertz CT molecular complexity index is 389. The number of nitrogens with one attached hydrogen (secondary N) is 1. The van der Waals surface area contributed by atoms with E-state index in [2.05, 4.69) is 41.3 Å². The van der Waals surface area contributed by atoms with Gasteiger partial charge in [0.05, 0.1) is 0 Å². The van der Waals surface area contributed by atoms with E-state index in [0.29, 0.717) is 12.3 Å². The van der Waals surface area contributed by atoms with Crippen LogP contribution in [0.3, 0.4) is 0 Å². The minimum absolute atomic E-state index is 0.417. The first-order valence-corrected chi connectivity index (χ1v) is 6.21. The maximum Gasteiger partial charge on any atom is 0.124 e. The summed E-state index contributed by atoms with van der Waals surface area (Å²) >= 11 is 0. The van der Waals surface area contributed by atoms with Gasteiger partial charge in [0.1, 0.15) is 5.75 Å². The molecule has 0 aliphatic rings. The molecular formula is C14H25N3O. The van der Waals surface area contributed by atoms with Crippen molar-refractivity contribution in [1.82, 2.24) is 15.1 Å². The summed E-state index contributed by atoms with van der Waals surface area (Å²) in [7, 11) is 10.0. The molecule has 0 saturated carbocycles. The van der Waals surface area contributed by atoms with Crippen LogP contribution in [0.1, 0.15) is 16.7 Å². The summed E-state index contributed by atoms with van der Waals surface area (Å²) in [4.78, 5) is 4.20. The van der Waals surface area contributed by atoms with Crippen LogP contribution in [0.25, 0.3) is 0 Å². The fourth-order valence-electron chi connectivity index (χ4n) is 2.08. The van der Waals surface area contributed by atoms with Gasteiger partial charge in [-0.3, -0.25) is 0 Å². The topological polar surface area (TPSA) is 38.7 Å². The Hall–Kier alpha value is -1.10. The highest BCUT2D eigenvalue weighted by molar-refractivity contribution is 5.43. The molecule has 0 radical (unpaired) electrons. The van der Waals surface area contributed by atoms with E-state index in [0.717, 1.165) is 24.2 Å². The quantitative estimate of drug-likeness (QED) is 0.798. The van der Waals surface area contributed by atoms with E-state index < -0.39 is 0 Å². The minimum atomic E-state index is 0.417. The second-order valence-electron chi connectivity index (χ2n) is 5.27. The molecule has 0 fully saturated rings. The first-order chi connectivity index (χ1) is 8.43. The van der Waals surface area contributed by atoms with Crippen molar-refractivity contribution in [3.05, 3.63) is 28.8 Å². The van der Waals surface area contributed by atoms with Crippen molar-refractivity contribution in [1.29, 1.82) is 0 Å². The van der Waals surface area contributed by atoms with Crippen LogP contribution in [-0.2, 0) is 19.6 Å². The zero-order chi connectivity index (χ0) is 13.7. The lowest BCUT2D eigenvalue weighted by molar-refractivity contribution is 0.379. The molecule has 0 aliphatic heterocycles. The molecule has 0 unspecified atom stereocenters.